The van der Waals surface area contributed by atoms with Crippen molar-refractivity contribution in [2.24, 2.45) is 0 Å². The van der Waals surface area contributed by atoms with E-state index < -0.39 is 0 Å². The quantitative estimate of drug-likeness (QED) is 0.313. The van der Waals surface area contributed by atoms with Gasteiger partial charge in [0.2, 0.25) is 0 Å². The van der Waals surface area contributed by atoms with Crippen LogP contribution in [-0.2, 0) is 0 Å². The van der Waals surface area contributed by atoms with Gasteiger partial charge in [-0.1, -0.05) is 84.0 Å². The minimum Gasteiger partial charge on any atom is -1.00 e. The van der Waals surface area contributed by atoms with Crippen LogP contribution in [0.25, 0.3) is 0 Å². The van der Waals surface area contributed by atoms with Crippen LogP contribution < -0.4 is 17.3 Å². The van der Waals surface area contributed by atoms with Gasteiger partial charge in [-0.2, -0.15) is 4.58 Å². The fraction of sp³-hybridized carbons (Fsp3) is 0.864. The molecule has 1 rings (SSSR count). The molecule has 0 radical (unpaired) electrons. The predicted molar refractivity (Wildman–Crippen MR) is 107 cm³/mol. The molecule has 0 saturated heterocycles. The molecule has 1 aliphatic heterocycles. The second kappa shape index (κ2) is 17.1. The second-order valence-electron chi connectivity index (χ2n) is 7.65. The van der Waals surface area contributed by atoms with Crippen LogP contribution in [0.4, 0.5) is 0 Å². The van der Waals surface area contributed by atoms with E-state index in [0.29, 0.717) is 0 Å². The number of quaternary nitrogens is 1. The van der Waals surface area contributed by atoms with E-state index in [1.165, 1.54) is 120 Å². The smallest absolute Gasteiger partial charge is 0.338 e. The molecule has 0 saturated carbocycles. The SMILES string of the molecule is C=C[NH+]1CC[N+](CCCCCCCCCCCCCCCC)=C1C.[Cl-]. The van der Waals surface area contributed by atoms with Crippen molar-refractivity contribution in [2.45, 2.75) is 104 Å². The van der Waals surface area contributed by atoms with Crippen LogP contribution in [0.5, 0.6) is 0 Å². The first kappa shape index (κ1) is 24.7. The van der Waals surface area contributed by atoms with E-state index in [-0.39, 0.29) is 12.4 Å². The normalized spacial score (nSPS) is 17.0. The first-order valence-corrected chi connectivity index (χ1v) is 10.9. The zero-order chi connectivity index (χ0) is 17.5. The topological polar surface area (TPSA) is 7.45 Å². The Kier molecular flexibility index (Phi) is 16.9. The van der Waals surface area contributed by atoms with Gasteiger partial charge >= 0.3 is 5.84 Å². The van der Waals surface area contributed by atoms with Crippen LogP contribution in [0.3, 0.4) is 0 Å². The van der Waals surface area contributed by atoms with E-state index in [0.717, 1.165) is 0 Å². The van der Waals surface area contributed by atoms with Gasteiger partial charge in [-0.25, -0.2) is 4.90 Å². The first-order chi connectivity index (χ1) is 11.8. The minimum atomic E-state index is 0. The first-order valence-electron chi connectivity index (χ1n) is 10.9. The molecule has 1 N–H and O–H groups in total. The van der Waals surface area contributed by atoms with Crippen molar-refractivity contribution in [2.75, 3.05) is 19.6 Å². The van der Waals surface area contributed by atoms with E-state index in [1.807, 2.05) is 6.20 Å². The molecule has 0 bridgehead atoms. The van der Waals surface area contributed by atoms with Crippen molar-refractivity contribution >= 4 is 5.84 Å². The Balaban J connectivity index is 0.00000576. The molecule has 1 aliphatic rings. The predicted octanol–water partition coefficient (Wildman–Crippen LogP) is 1.94. The Morgan fingerprint density at radius 1 is 0.840 bits per heavy atom. The Morgan fingerprint density at radius 2 is 1.28 bits per heavy atom. The van der Waals surface area contributed by atoms with Crippen LogP contribution in [0.2, 0.25) is 0 Å². The highest BCUT2D eigenvalue weighted by molar-refractivity contribution is 5.65. The lowest BCUT2D eigenvalue weighted by Gasteiger charge is -2.03. The summed E-state index contributed by atoms with van der Waals surface area (Å²) in [4.78, 5) is 1.46. The molecule has 0 spiro atoms. The molecule has 0 aromatic carbocycles. The van der Waals surface area contributed by atoms with Crippen molar-refractivity contribution in [1.82, 2.24) is 0 Å². The van der Waals surface area contributed by atoms with Crippen LogP contribution in [0.1, 0.15) is 104 Å². The summed E-state index contributed by atoms with van der Waals surface area (Å²) < 4.78 is 2.55. The van der Waals surface area contributed by atoms with E-state index in [1.54, 1.807) is 0 Å². The summed E-state index contributed by atoms with van der Waals surface area (Å²) >= 11 is 0. The molecule has 3 heteroatoms. The maximum absolute atomic E-state index is 3.92. The van der Waals surface area contributed by atoms with Crippen LogP contribution >= 0.6 is 0 Å². The molecule has 25 heavy (non-hydrogen) atoms. The summed E-state index contributed by atoms with van der Waals surface area (Å²) in [6, 6.07) is 0. The third kappa shape index (κ3) is 11.8. The zero-order valence-electron chi connectivity index (χ0n) is 17.1. The molecule has 0 fully saturated rings. The van der Waals surface area contributed by atoms with Gasteiger partial charge in [0.05, 0.1) is 13.1 Å². The molecule has 1 atom stereocenters. The molecule has 1 heterocycles. The molecule has 1 unspecified atom stereocenters. The number of hydrogen-bond donors (Lipinski definition) is 1. The number of nitrogens with one attached hydrogen (secondary N) is 1. The standard InChI is InChI=1S/C22H43N2.ClH/c1-4-6-7-8-9-10-11-12-13-14-15-16-17-18-19-24-21-20-23(5-2)22(24)3;/h5H,2,4,6-21H2,1,3H3;1H/q+1;. The Labute approximate surface area is 164 Å². The fourth-order valence-corrected chi connectivity index (χ4v) is 3.83. The van der Waals surface area contributed by atoms with Crippen LogP contribution in [0, 0.1) is 0 Å². The van der Waals surface area contributed by atoms with Gasteiger partial charge in [-0.05, 0) is 13.0 Å². The molecule has 0 aromatic heterocycles. The molecular formula is C22H44ClN2+. The maximum atomic E-state index is 3.92. The van der Waals surface area contributed by atoms with Gasteiger partial charge in [-0.3, -0.25) is 0 Å². The van der Waals surface area contributed by atoms with Crippen molar-refractivity contribution in [3.63, 3.8) is 0 Å². The fourth-order valence-electron chi connectivity index (χ4n) is 3.83. The van der Waals surface area contributed by atoms with Crippen LogP contribution in [-0.4, -0.2) is 30.0 Å². The molecule has 148 valence electrons. The minimum absolute atomic E-state index is 0. The van der Waals surface area contributed by atoms with Crippen molar-refractivity contribution in [1.29, 1.82) is 0 Å². The highest BCUT2D eigenvalue weighted by Gasteiger charge is 2.28. The summed E-state index contributed by atoms with van der Waals surface area (Å²) in [6.07, 6.45) is 22.2. The lowest BCUT2D eigenvalue weighted by molar-refractivity contribution is -0.742. The summed E-state index contributed by atoms with van der Waals surface area (Å²) in [5, 5.41) is 0. The van der Waals surface area contributed by atoms with Crippen molar-refractivity contribution < 1.29 is 21.9 Å². The Hall–Kier alpha value is -0.340. The largest absolute Gasteiger partial charge is 1.00 e. The summed E-state index contributed by atoms with van der Waals surface area (Å²) in [5.41, 5.74) is 0. The average Bonchev–Trinajstić information content (AvgIpc) is 2.95. The second-order valence-corrected chi connectivity index (χ2v) is 7.65. The Bertz CT molecular complexity index is 352. The van der Waals surface area contributed by atoms with Crippen molar-refractivity contribution in [3.8, 4) is 0 Å². The Morgan fingerprint density at radius 3 is 1.68 bits per heavy atom. The van der Waals surface area contributed by atoms with Gasteiger partial charge in [0.25, 0.3) is 0 Å². The monoisotopic (exact) mass is 371 g/mol. The summed E-state index contributed by atoms with van der Waals surface area (Å²) in [5.74, 6) is 1.47. The molecule has 0 aromatic rings. The molecule has 2 nitrogen and oxygen atoms in total. The number of rotatable bonds is 16. The van der Waals surface area contributed by atoms with Gasteiger partial charge in [-0.15, -0.1) is 0 Å². The third-order valence-corrected chi connectivity index (χ3v) is 5.62. The van der Waals surface area contributed by atoms with Crippen LogP contribution in [0.15, 0.2) is 12.8 Å². The molecule has 0 aliphatic carbocycles. The number of nitrogens with zero attached hydrogens (tertiary/aromatic N) is 1. The van der Waals surface area contributed by atoms with Crippen molar-refractivity contribution in [3.05, 3.63) is 12.8 Å². The van der Waals surface area contributed by atoms with Gasteiger partial charge in [0, 0.05) is 6.42 Å². The lowest BCUT2D eigenvalue weighted by Crippen LogP contribution is -3.08. The third-order valence-electron chi connectivity index (χ3n) is 5.62. The number of amidine groups is 1. The molecule has 0 amide bonds. The highest BCUT2D eigenvalue weighted by Crippen LogP contribution is 2.12. The highest BCUT2D eigenvalue weighted by atomic mass is 35.5. The number of hydrogen-bond acceptors (Lipinski definition) is 0. The van der Waals surface area contributed by atoms with E-state index in [4.69, 9.17) is 0 Å². The molecular weight excluding hydrogens is 328 g/mol. The number of halogens is 1. The number of unbranched alkanes of at least 4 members (excludes halogenated alkanes) is 13. The average molecular weight is 372 g/mol. The van der Waals surface area contributed by atoms with E-state index in [9.17, 15) is 0 Å². The summed E-state index contributed by atoms with van der Waals surface area (Å²) in [7, 11) is 0. The zero-order valence-corrected chi connectivity index (χ0v) is 17.9. The van der Waals surface area contributed by atoms with Gasteiger partial charge < -0.3 is 12.4 Å². The lowest BCUT2D eigenvalue weighted by atomic mass is 10.0. The van der Waals surface area contributed by atoms with E-state index >= 15 is 0 Å². The van der Waals surface area contributed by atoms with Gasteiger partial charge in [0.1, 0.15) is 13.1 Å². The van der Waals surface area contributed by atoms with Gasteiger partial charge in [0.15, 0.2) is 6.54 Å². The summed E-state index contributed by atoms with van der Waals surface area (Å²) in [6.45, 7) is 12.1. The van der Waals surface area contributed by atoms with E-state index in [2.05, 4.69) is 25.0 Å². The maximum Gasteiger partial charge on any atom is 0.338 e.